The highest BCUT2D eigenvalue weighted by atomic mass is 16.6. The van der Waals surface area contributed by atoms with Gasteiger partial charge in [0.15, 0.2) is 11.5 Å². The Morgan fingerprint density at radius 2 is 1.86 bits per heavy atom. The maximum Gasteiger partial charge on any atom is 0.226 e. The number of nitrogens with one attached hydrogen (secondary N) is 1. The highest BCUT2D eigenvalue weighted by Crippen LogP contribution is 2.34. The summed E-state index contributed by atoms with van der Waals surface area (Å²) in [5.74, 6) is 1.04. The standard InChI is InChI=1S/C22H26N2O4/c1-4-17-7-5-6-15(2)22(17)23-21(26)10-11-24(16(3)25)18-8-9-19-20(14-18)28-13-12-27-19/h5-9,14H,4,10-13H2,1-3H3,(H,23,26). The average molecular weight is 382 g/mol. The second-order valence-electron chi connectivity index (χ2n) is 6.76. The molecule has 1 aliphatic rings. The molecule has 28 heavy (non-hydrogen) atoms. The van der Waals surface area contributed by atoms with E-state index in [1.165, 1.54) is 6.92 Å². The molecule has 3 rings (SSSR count). The van der Waals surface area contributed by atoms with Crippen molar-refractivity contribution < 1.29 is 19.1 Å². The van der Waals surface area contributed by atoms with Crippen LogP contribution in [0.5, 0.6) is 11.5 Å². The van der Waals surface area contributed by atoms with E-state index in [0.717, 1.165) is 23.2 Å². The van der Waals surface area contributed by atoms with Gasteiger partial charge < -0.3 is 19.7 Å². The van der Waals surface area contributed by atoms with Crippen molar-refractivity contribution in [3.63, 3.8) is 0 Å². The largest absolute Gasteiger partial charge is 0.486 e. The molecule has 0 fully saturated rings. The van der Waals surface area contributed by atoms with Crippen LogP contribution in [0.15, 0.2) is 36.4 Å². The van der Waals surface area contributed by atoms with Crippen molar-refractivity contribution in [2.45, 2.75) is 33.6 Å². The van der Waals surface area contributed by atoms with Crippen LogP contribution in [0, 0.1) is 6.92 Å². The van der Waals surface area contributed by atoms with Gasteiger partial charge in [0.05, 0.1) is 0 Å². The van der Waals surface area contributed by atoms with E-state index in [0.29, 0.717) is 30.4 Å². The first kappa shape index (κ1) is 19.7. The van der Waals surface area contributed by atoms with Crippen molar-refractivity contribution in [2.24, 2.45) is 0 Å². The molecule has 6 heteroatoms. The topological polar surface area (TPSA) is 67.9 Å². The normalized spacial score (nSPS) is 12.4. The number of carbonyl (C=O) groups excluding carboxylic acids is 2. The molecule has 0 bridgehead atoms. The molecule has 2 aromatic rings. The minimum atomic E-state index is -0.130. The third-order valence-corrected chi connectivity index (χ3v) is 4.78. The number of hydrogen-bond donors (Lipinski definition) is 1. The van der Waals surface area contributed by atoms with Crippen molar-refractivity contribution in [1.82, 2.24) is 0 Å². The van der Waals surface area contributed by atoms with Crippen LogP contribution in [0.3, 0.4) is 0 Å². The number of para-hydroxylation sites is 1. The molecule has 0 radical (unpaired) electrons. The molecule has 1 heterocycles. The quantitative estimate of drug-likeness (QED) is 0.827. The summed E-state index contributed by atoms with van der Waals surface area (Å²) < 4.78 is 11.1. The molecule has 0 saturated carbocycles. The highest BCUT2D eigenvalue weighted by Gasteiger charge is 2.18. The van der Waals surface area contributed by atoms with E-state index in [9.17, 15) is 9.59 Å². The summed E-state index contributed by atoms with van der Waals surface area (Å²) in [7, 11) is 0. The summed E-state index contributed by atoms with van der Waals surface area (Å²) in [5, 5.41) is 3.00. The van der Waals surface area contributed by atoms with E-state index in [-0.39, 0.29) is 24.8 Å². The lowest BCUT2D eigenvalue weighted by Crippen LogP contribution is -2.32. The van der Waals surface area contributed by atoms with Crippen LogP contribution in [0.1, 0.15) is 31.4 Å². The lowest BCUT2D eigenvalue weighted by atomic mass is 10.1. The second kappa shape index (κ2) is 8.78. The fourth-order valence-corrected chi connectivity index (χ4v) is 3.29. The number of aryl methyl sites for hydroxylation is 2. The van der Waals surface area contributed by atoms with Crippen LogP contribution < -0.4 is 19.7 Å². The summed E-state index contributed by atoms with van der Waals surface area (Å²) in [6.45, 7) is 6.81. The lowest BCUT2D eigenvalue weighted by Gasteiger charge is -2.24. The summed E-state index contributed by atoms with van der Waals surface area (Å²) in [6, 6.07) is 11.4. The third-order valence-electron chi connectivity index (χ3n) is 4.78. The van der Waals surface area contributed by atoms with Crippen LogP contribution in [-0.4, -0.2) is 31.6 Å². The Hall–Kier alpha value is -3.02. The Morgan fingerprint density at radius 1 is 1.11 bits per heavy atom. The predicted molar refractivity (Wildman–Crippen MR) is 109 cm³/mol. The van der Waals surface area contributed by atoms with Crippen LogP contribution in [0.4, 0.5) is 11.4 Å². The first-order valence-corrected chi connectivity index (χ1v) is 9.55. The number of carbonyl (C=O) groups is 2. The van der Waals surface area contributed by atoms with Gasteiger partial charge >= 0.3 is 0 Å². The zero-order valence-electron chi connectivity index (χ0n) is 16.6. The Labute approximate surface area is 165 Å². The number of anilines is 2. The van der Waals surface area contributed by atoms with E-state index in [4.69, 9.17) is 9.47 Å². The Bertz CT molecular complexity index is 879. The summed E-state index contributed by atoms with van der Waals surface area (Å²) >= 11 is 0. The van der Waals surface area contributed by atoms with E-state index < -0.39 is 0 Å². The maximum atomic E-state index is 12.5. The SMILES string of the molecule is CCc1cccc(C)c1NC(=O)CCN(C(C)=O)c1ccc2c(c1)OCCO2. The van der Waals surface area contributed by atoms with Gasteiger partial charge in [0.25, 0.3) is 0 Å². The van der Waals surface area contributed by atoms with Crippen molar-refractivity contribution in [3.8, 4) is 11.5 Å². The van der Waals surface area contributed by atoms with Crippen molar-refractivity contribution in [1.29, 1.82) is 0 Å². The molecular formula is C22H26N2O4. The van der Waals surface area contributed by atoms with E-state index in [1.54, 1.807) is 17.0 Å². The van der Waals surface area contributed by atoms with Gasteiger partial charge in [-0.2, -0.15) is 0 Å². The molecule has 1 N–H and O–H groups in total. The number of nitrogens with zero attached hydrogens (tertiary/aromatic N) is 1. The minimum Gasteiger partial charge on any atom is -0.486 e. The monoisotopic (exact) mass is 382 g/mol. The van der Waals surface area contributed by atoms with Gasteiger partial charge in [-0.15, -0.1) is 0 Å². The summed E-state index contributed by atoms with van der Waals surface area (Å²) in [4.78, 5) is 26.3. The molecule has 148 valence electrons. The highest BCUT2D eigenvalue weighted by molar-refractivity contribution is 5.95. The molecule has 1 aliphatic heterocycles. The first-order chi connectivity index (χ1) is 13.5. The molecule has 0 atom stereocenters. The van der Waals surface area contributed by atoms with Gasteiger partial charge in [0.1, 0.15) is 13.2 Å². The number of ether oxygens (including phenoxy) is 2. The second-order valence-corrected chi connectivity index (χ2v) is 6.76. The third kappa shape index (κ3) is 4.44. The van der Waals surface area contributed by atoms with Gasteiger partial charge in [-0.05, 0) is 36.6 Å². The zero-order valence-corrected chi connectivity index (χ0v) is 16.6. The predicted octanol–water partition coefficient (Wildman–Crippen LogP) is 3.71. The number of fused-ring (bicyclic) bond motifs is 1. The molecular weight excluding hydrogens is 356 g/mol. The van der Waals surface area contributed by atoms with Gasteiger partial charge in [0, 0.05) is 37.3 Å². The van der Waals surface area contributed by atoms with Gasteiger partial charge in [-0.3, -0.25) is 9.59 Å². The molecule has 0 saturated heterocycles. The molecule has 2 aromatic carbocycles. The average Bonchev–Trinajstić information content (AvgIpc) is 2.69. The number of benzene rings is 2. The smallest absolute Gasteiger partial charge is 0.226 e. The van der Waals surface area contributed by atoms with Gasteiger partial charge in [0.2, 0.25) is 11.8 Å². The van der Waals surface area contributed by atoms with E-state index >= 15 is 0 Å². The fourth-order valence-electron chi connectivity index (χ4n) is 3.29. The molecule has 2 amide bonds. The molecule has 0 aromatic heterocycles. The summed E-state index contributed by atoms with van der Waals surface area (Å²) in [6.07, 6.45) is 1.04. The number of amides is 2. The van der Waals surface area contributed by atoms with Gasteiger partial charge in [-0.1, -0.05) is 25.1 Å². The number of hydrogen-bond acceptors (Lipinski definition) is 4. The van der Waals surface area contributed by atoms with E-state index in [1.807, 2.05) is 31.2 Å². The zero-order chi connectivity index (χ0) is 20.1. The number of rotatable bonds is 6. The Balaban J connectivity index is 1.69. The summed E-state index contributed by atoms with van der Waals surface area (Å²) in [5.41, 5.74) is 3.69. The fraction of sp³-hybridized carbons (Fsp3) is 0.364. The van der Waals surface area contributed by atoms with Crippen molar-refractivity contribution in [2.75, 3.05) is 30.0 Å². The van der Waals surface area contributed by atoms with Crippen LogP contribution in [0.2, 0.25) is 0 Å². The maximum absolute atomic E-state index is 12.5. The molecule has 6 nitrogen and oxygen atoms in total. The van der Waals surface area contributed by atoms with Crippen LogP contribution in [-0.2, 0) is 16.0 Å². The van der Waals surface area contributed by atoms with E-state index in [2.05, 4.69) is 12.2 Å². The van der Waals surface area contributed by atoms with Crippen LogP contribution in [0.25, 0.3) is 0 Å². The first-order valence-electron chi connectivity index (χ1n) is 9.55. The minimum absolute atomic E-state index is 0.118. The molecule has 0 unspecified atom stereocenters. The molecule has 0 aliphatic carbocycles. The Morgan fingerprint density at radius 3 is 2.57 bits per heavy atom. The lowest BCUT2D eigenvalue weighted by molar-refractivity contribution is -0.117. The Kier molecular flexibility index (Phi) is 6.19. The van der Waals surface area contributed by atoms with Crippen molar-refractivity contribution in [3.05, 3.63) is 47.5 Å². The van der Waals surface area contributed by atoms with Gasteiger partial charge in [-0.25, -0.2) is 0 Å². The van der Waals surface area contributed by atoms with Crippen molar-refractivity contribution >= 4 is 23.2 Å². The molecule has 0 spiro atoms. The van der Waals surface area contributed by atoms with Crippen LogP contribution >= 0.6 is 0 Å².